The number of hydrogen-bond donors (Lipinski definition) is 1. The number of nitrogens with zero attached hydrogens (tertiary/aromatic N) is 1. The molecule has 0 aromatic rings. The van der Waals surface area contributed by atoms with Gasteiger partial charge in [-0.15, -0.1) is 0 Å². The fraction of sp³-hybridized carbons (Fsp3) is 1.00. The van der Waals surface area contributed by atoms with E-state index < -0.39 is 0 Å². The van der Waals surface area contributed by atoms with Crippen LogP contribution in [0.2, 0.25) is 0 Å². The first-order chi connectivity index (χ1) is 7.68. The van der Waals surface area contributed by atoms with Crippen molar-refractivity contribution < 1.29 is 4.74 Å². The molecule has 96 valence electrons. The van der Waals surface area contributed by atoms with Crippen molar-refractivity contribution in [3.8, 4) is 0 Å². The van der Waals surface area contributed by atoms with Crippen LogP contribution < -0.4 is 5.32 Å². The highest BCUT2D eigenvalue weighted by atomic mass is 16.5. The molecule has 1 aliphatic rings. The highest BCUT2D eigenvalue weighted by molar-refractivity contribution is 4.70. The summed E-state index contributed by atoms with van der Waals surface area (Å²) in [6.07, 6.45) is 4.44. The van der Waals surface area contributed by atoms with Gasteiger partial charge in [0.25, 0.3) is 0 Å². The van der Waals surface area contributed by atoms with Crippen LogP contribution in [0, 0.1) is 5.92 Å². The van der Waals surface area contributed by atoms with Crippen molar-refractivity contribution in [1.29, 1.82) is 0 Å². The Labute approximate surface area is 101 Å². The van der Waals surface area contributed by atoms with Crippen LogP contribution in [0.4, 0.5) is 0 Å². The second-order valence-corrected chi connectivity index (χ2v) is 5.20. The number of likely N-dealkylation sites (tertiary alicyclic amines) is 1. The minimum Gasteiger partial charge on any atom is -0.377 e. The van der Waals surface area contributed by atoms with Crippen LogP contribution in [0.5, 0.6) is 0 Å². The molecule has 0 saturated carbocycles. The SMILES string of the molecule is CC(C)OCCNCCC1CCN(C)CC1. The zero-order valence-electron chi connectivity index (χ0n) is 11.2. The Morgan fingerprint density at radius 1 is 1.25 bits per heavy atom. The third-order valence-corrected chi connectivity index (χ3v) is 3.30. The molecule has 1 rings (SSSR count). The molecular weight excluding hydrogens is 200 g/mol. The predicted octanol–water partition coefficient (Wildman–Crippen LogP) is 1.73. The largest absolute Gasteiger partial charge is 0.377 e. The average Bonchev–Trinajstić information content (AvgIpc) is 2.25. The normalized spacial score (nSPS) is 19.5. The van der Waals surface area contributed by atoms with E-state index in [2.05, 4.69) is 31.1 Å². The fourth-order valence-corrected chi connectivity index (χ4v) is 2.15. The molecule has 0 spiro atoms. The molecule has 3 nitrogen and oxygen atoms in total. The van der Waals surface area contributed by atoms with E-state index in [1.54, 1.807) is 0 Å². The molecule has 0 unspecified atom stereocenters. The maximum atomic E-state index is 5.48. The summed E-state index contributed by atoms with van der Waals surface area (Å²) < 4.78 is 5.48. The fourth-order valence-electron chi connectivity index (χ4n) is 2.15. The summed E-state index contributed by atoms with van der Waals surface area (Å²) in [5.74, 6) is 0.940. The Hall–Kier alpha value is -0.120. The number of rotatable bonds is 7. The van der Waals surface area contributed by atoms with E-state index in [4.69, 9.17) is 4.74 Å². The third-order valence-electron chi connectivity index (χ3n) is 3.30. The van der Waals surface area contributed by atoms with Gasteiger partial charge in [-0.1, -0.05) is 0 Å². The lowest BCUT2D eigenvalue weighted by Gasteiger charge is -2.28. The number of ether oxygens (including phenoxy) is 1. The molecule has 1 N–H and O–H groups in total. The molecule has 1 aliphatic heterocycles. The van der Waals surface area contributed by atoms with Gasteiger partial charge in [0.1, 0.15) is 0 Å². The van der Waals surface area contributed by atoms with Crippen LogP contribution >= 0.6 is 0 Å². The Balaban J connectivity index is 1.87. The quantitative estimate of drug-likeness (QED) is 0.672. The predicted molar refractivity (Wildman–Crippen MR) is 68.8 cm³/mol. The zero-order chi connectivity index (χ0) is 11.8. The lowest BCUT2D eigenvalue weighted by molar-refractivity contribution is 0.0805. The molecule has 3 heteroatoms. The Morgan fingerprint density at radius 2 is 1.94 bits per heavy atom. The summed E-state index contributed by atoms with van der Waals surface area (Å²) >= 11 is 0. The molecule has 1 fully saturated rings. The lowest BCUT2D eigenvalue weighted by atomic mass is 9.94. The van der Waals surface area contributed by atoms with Crippen LogP contribution in [0.3, 0.4) is 0 Å². The Bertz CT molecular complexity index is 165. The smallest absolute Gasteiger partial charge is 0.0594 e. The van der Waals surface area contributed by atoms with Crippen molar-refractivity contribution in [2.45, 2.75) is 39.2 Å². The molecule has 1 heterocycles. The van der Waals surface area contributed by atoms with E-state index in [-0.39, 0.29) is 0 Å². The van der Waals surface area contributed by atoms with Crippen LogP contribution in [-0.4, -0.2) is 50.8 Å². The van der Waals surface area contributed by atoms with Gasteiger partial charge in [-0.25, -0.2) is 0 Å². The van der Waals surface area contributed by atoms with Gasteiger partial charge in [0.05, 0.1) is 12.7 Å². The molecule has 0 radical (unpaired) electrons. The van der Waals surface area contributed by atoms with Gasteiger partial charge in [-0.2, -0.15) is 0 Å². The minimum absolute atomic E-state index is 0.357. The van der Waals surface area contributed by atoms with Crippen molar-refractivity contribution >= 4 is 0 Å². The Morgan fingerprint density at radius 3 is 2.56 bits per heavy atom. The van der Waals surface area contributed by atoms with E-state index in [1.807, 2.05) is 0 Å². The Kier molecular flexibility index (Phi) is 7.01. The summed E-state index contributed by atoms with van der Waals surface area (Å²) in [6.45, 7) is 9.70. The zero-order valence-corrected chi connectivity index (χ0v) is 11.2. The maximum absolute atomic E-state index is 5.48. The highest BCUT2D eigenvalue weighted by Gasteiger charge is 2.15. The molecule has 0 aliphatic carbocycles. The van der Waals surface area contributed by atoms with E-state index in [0.717, 1.165) is 25.6 Å². The van der Waals surface area contributed by atoms with Crippen molar-refractivity contribution in [1.82, 2.24) is 10.2 Å². The lowest BCUT2D eigenvalue weighted by Crippen LogP contribution is -2.32. The van der Waals surface area contributed by atoms with E-state index in [1.165, 1.54) is 32.4 Å². The maximum Gasteiger partial charge on any atom is 0.0594 e. The third kappa shape index (κ3) is 6.46. The van der Waals surface area contributed by atoms with Crippen LogP contribution in [0.15, 0.2) is 0 Å². The van der Waals surface area contributed by atoms with Crippen LogP contribution in [-0.2, 0) is 4.74 Å². The summed E-state index contributed by atoms with van der Waals surface area (Å²) in [6, 6.07) is 0. The van der Waals surface area contributed by atoms with E-state index in [0.29, 0.717) is 6.10 Å². The molecule has 0 aromatic carbocycles. The molecule has 16 heavy (non-hydrogen) atoms. The van der Waals surface area contributed by atoms with E-state index >= 15 is 0 Å². The van der Waals surface area contributed by atoms with Crippen molar-refractivity contribution in [3.63, 3.8) is 0 Å². The van der Waals surface area contributed by atoms with Gasteiger partial charge >= 0.3 is 0 Å². The minimum atomic E-state index is 0.357. The number of piperidine rings is 1. The second kappa shape index (κ2) is 8.04. The topological polar surface area (TPSA) is 24.5 Å². The molecule has 0 amide bonds. The van der Waals surface area contributed by atoms with Gasteiger partial charge in [-0.05, 0) is 65.7 Å². The summed E-state index contributed by atoms with van der Waals surface area (Å²) in [5.41, 5.74) is 0. The van der Waals surface area contributed by atoms with Crippen molar-refractivity contribution in [2.75, 3.05) is 39.8 Å². The summed E-state index contributed by atoms with van der Waals surface area (Å²) in [4.78, 5) is 2.43. The number of nitrogens with one attached hydrogen (secondary N) is 1. The van der Waals surface area contributed by atoms with Gasteiger partial charge in [0, 0.05) is 6.54 Å². The van der Waals surface area contributed by atoms with Crippen molar-refractivity contribution in [3.05, 3.63) is 0 Å². The average molecular weight is 228 g/mol. The second-order valence-electron chi connectivity index (χ2n) is 5.20. The van der Waals surface area contributed by atoms with E-state index in [9.17, 15) is 0 Å². The molecule has 0 aromatic heterocycles. The highest BCUT2D eigenvalue weighted by Crippen LogP contribution is 2.18. The van der Waals surface area contributed by atoms with Gasteiger partial charge in [0.2, 0.25) is 0 Å². The van der Waals surface area contributed by atoms with Gasteiger partial charge in [-0.3, -0.25) is 0 Å². The van der Waals surface area contributed by atoms with Crippen LogP contribution in [0.25, 0.3) is 0 Å². The summed E-state index contributed by atoms with van der Waals surface area (Å²) in [7, 11) is 2.22. The number of hydrogen-bond acceptors (Lipinski definition) is 3. The first kappa shape index (κ1) is 13.9. The monoisotopic (exact) mass is 228 g/mol. The molecular formula is C13H28N2O. The molecule has 0 atom stereocenters. The van der Waals surface area contributed by atoms with Crippen LogP contribution in [0.1, 0.15) is 33.1 Å². The van der Waals surface area contributed by atoms with Gasteiger partial charge < -0.3 is 15.0 Å². The summed E-state index contributed by atoms with van der Waals surface area (Å²) in [5, 5.41) is 3.46. The first-order valence-electron chi connectivity index (χ1n) is 6.69. The standard InChI is InChI=1S/C13H28N2O/c1-12(2)16-11-8-14-7-4-13-5-9-15(3)10-6-13/h12-14H,4-11H2,1-3H3. The van der Waals surface area contributed by atoms with Gasteiger partial charge in [0.15, 0.2) is 0 Å². The first-order valence-corrected chi connectivity index (χ1v) is 6.69. The molecule has 1 saturated heterocycles. The van der Waals surface area contributed by atoms with Crippen molar-refractivity contribution in [2.24, 2.45) is 5.92 Å². The molecule has 0 bridgehead atoms.